The molecule has 0 atom stereocenters. The van der Waals surface area contributed by atoms with Crippen molar-refractivity contribution in [1.29, 1.82) is 0 Å². The molecule has 3 aromatic rings. The molecule has 4 nitrogen and oxygen atoms in total. The van der Waals surface area contributed by atoms with Gasteiger partial charge >= 0.3 is 0 Å². The Balaban J connectivity index is 1.74. The number of ether oxygens (including phenoxy) is 1. The van der Waals surface area contributed by atoms with Crippen molar-refractivity contribution >= 4 is 11.6 Å². The van der Waals surface area contributed by atoms with Crippen molar-refractivity contribution in [3.63, 3.8) is 0 Å². The fourth-order valence-corrected chi connectivity index (χ4v) is 3.17. The van der Waals surface area contributed by atoms with Crippen LogP contribution < -0.4 is 4.90 Å². The van der Waals surface area contributed by atoms with E-state index in [1.807, 2.05) is 23.1 Å². The van der Waals surface area contributed by atoms with E-state index in [2.05, 4.69) is 48.3 Å². The largest absolute Gasteiger partial charge is 0.367 e. The number of hydrogen-bond acceptors (Lipinski definition) is 3. The summed E-state index contributed by atoms with van der Waals surface area (Å²) in [5.41, 5.74) is 6.40. The van der Waals surface area contributed by atoms with Gasteiger partial charge in [-0.05, 0) is 41.8 Å². The molecule has 2 heterocycles. The van der Waals surface area contributed by atoms with Crippen molar-refractivity contribution in [3.8, 4) is 11.1 Å². The van der Waals surface area contributed by atoms with Crippen LogP contribution in [0.2, 0.25) is 0 Å². The van der Waals surface area contributed by atoms with Crippen LogP contribution in [0.5, 0.6) is 0 Å². The minimum Gasteiger partial charge on any atom is -0.367 e. The first-order valence-corrected chi connectivity index (χ1v) is 8.68. The number of rotatable bonds is 3. The average Bonchev–Trinajstić information content (AvgIpc) is 2.83. The molecular formula is C22H20N2O2. The number of anilines is 1. The molecule has 0 bridgehead atoms. The highest BCUT2D eigenvalue weighted by molar-refractivity contribution is 5.96. The summed E-state index contributed by atoms with van der Waals surface area (Å²) in [4.78, 5) is 18.6. The van der Waals surface area contributed by atoms with Crippen LogP contribution in [-0.2, 0) is 22.7 Å². The maximum Gasteiger partial charge on any atom is 0.253 e. The van der Waals surface area contributed by atoms with Gasteiger partial charge in [-0.2, -0.15) is 0 Å². The Bertz CT molecular complexity index is 921. The van der Waals surface area contributed by atoms with E-state index < -0.39 is 0 Å². The van der Waals surface area contributed by atoms with Crippen LogP contribution in [0, 0.1) is 6.92 Å². The lowest BCUT2D eigenvalue weighted by Gasteiger charge is -2.23. The van der Waals surface area contributed by atoms with Gasteiger partial charge in [0.15, 0.2) is 0 Å². The summed E-state index contributed by atoms with van der Waals surface area (Å²) in [6.07, 6.45) is 3.55. The minimum absolute atomic E-state index is 0.0174. The van der Waals surface area contributed by atoms with Crippen molar-refractivity contribution < 1.29 is 9.53 Å². The van der Waals surface area contributed by atoms with E-state index in [9.17, 15) is 4.79 Å². The number of aromatic nitrogens is 1. The molecule has 2 aromatic carbocycles. The molecule has 1 aliphatic rings. The van der Waals surface area contributed by atoms with Gasteiger partial charge in [-0.1, -0.05) is 42.0 Å². The molecule has 26 heavy (non-hydrogen) atoms. The molecule has 1 aromatic heterocycles. The summed E-state index contributed by atoms with van der Waals surface area (Å²) in [5.74, 6) is -0.0174. The molecule has 0 fully saturated rings. The van der Waals surface area contributed by atoms with E-state index in [-0.39, 0.29) is 12.5 Å². The highest BCUT2D eigenvalue weighted by Crippen LogP contribution is 2.31. The van der Waals surface area contributed by atoms with Gasteiger partial charge in [0.1, 0.15) is 6.61 Å². The Kier molecular flexibility index (Phi) is 4.50. The molecule has 0 radical (unpaired) electrons. The maximum atomic E-state index is 12.7. The predicted molar refractivity (Wildman–Crippen MR) is 102 cm³/mol. The summed E-state index contributed by atoms with van der Waals surface area (Å²) in [6.45, 7) is 3.15. The van der Waals surface area contributed by atoms with Gasteiger partial charge in [0.05, 0.1) is 18.8 Å². The van der Waals surface area contributed by atoms with Gasteiger partial charge in [0, 0.05) is 18.0 Å². The summed E-state index contributed by atoms with van der Waals surface area (Å²) in [6, 6.07) is 18.4. The molecule has 0 N–H and O–H groups in total. The Morgan fingerprint density at radius 1 is 0.962 bits per heavy atom. The van der Waals surface area contributed by atoms with Crippen LogP contribution in [0.4, 0.5) is 5.69 Å². The molecule has 130 valence electrons. The second-order valence-electron chi connectivity index (χ2n) is 6.54. The molecule has 0 saturated carbocycles. The standard InChI is InChI=1S/C22H20N2O2/c1-16-2-4-17(5-3-16)13-24-21-12-19(18-8-10-23-11-9-18)6-7-20(21)14-26-15-22(24)25/h2-12H,13-15H2,1H3. The van der Waals surface area contributed by atoms with Crippen molar-refractivity contribution in [2.24, 2.45) is 0 Å². The highest BCUT2D eigenvalue weighted by atomic mass is 16.5. The van der Waals surface area contributed by atoms with Gasteiger partial charge in [0.25, 0.3) is 5.91 Å². The number of carbonyl (C=O) groups excluding carboxylic acids is 1. The van der Waals surface area contributed by atoms with Crippen molar-refractivity contribution in [2.75, 3.05) is 11.5 Å². The van der Waals surface area contributed by atoms with Crippen molar-refractivity contribution in [2.45, 2.75) is 20.1 Å². The van der Waals surface area contributed by atoms with E-state index in [0.29, 0.717) is 13.2 Å². The normalized spacial score (nSPS) is 14.0. The minimum atomic E-state index is -0.0174. The SMILES string of the molecule is Cc1ccc(CN2C(=O)COCc3ccc(-c4ccncc4)cc32)cc1. The first-order valence-electron chi connectivity index (χ1n) is 8.68. The fourth-order valence-electron chi connectivity index (χ4n) is 3.17. The molecule has 4 heteroatoms. The van der Waals surface area contributed by atoms with Gasteiger partial charge in [0.2, 0.25) is 0 Å². The second-order valence-corrected chi connectivity index (χ2v) is 6.54. The number of aryl methyl sites for hydroxylation is 1. The lowest BCUT2D eigenvalue weighted by molar-refractivity contribution is -0.123. The molecule has 1 aliphatic heterocycles. The Hall–Kier alpha value is -2.98. The molecule has 0 spiro atoms. The third kappa shape index (κ3) is 3.37. The lowest BCUT2D eigenvalue weighted by atomic mass is 10.0. The number of amides is 1. The summed E-state index contributed by atoms with van der Waals surface area (Å²) < 4.78 is 5.56. The quantitative estimate of drug-likeness (QED) is 0.718. The molecule has 4 rings (SSSR count). The van der Waals surface area contributed by atoms with Crippen LogP contribution in [0.1, 0.15) is 16.7 Å². The molecule has 1 amide bonds. The third-order valence-corrected chi connectivity index (χ3v) is 4.64. The first kappa shape index (κ1) is 16.5. The van der Waals surface area contributed by atoms with Gasteiger partial charge < -0.3 is 9.64 Å². The lowest BCUT2D eigenvalue weighted by Crippen LogP contribution is -2.32. The molecule has 0 saturated heterocycles. The number of pyridine rings is 1. The molecular weight excluding hydrogens is 324 g/mol. The zero-order valence-electron chi connectivity index (χ0n) is 14.7. The van der Waals surface area contributed by atoms with Gasteiger partial charge in [-0.3, -0.25) is 9.78 Å². The Morgan fingerprint density at radius 2 is 1.73 bits per heavy atom. The third-order valence-electron chi connectivity index (χ3n) is 4.64. The smallest absolute Gasteiger partial charge is 0.253 e. The summed E-state index contributed by atoms with van der Waals surface area (Å²) in [5, 5.41) is 0. The zero-order valence-corrected chi connectivity index (χ0v) is 14.7. The predicted octanol–water partition coefficient (Wildman–Crippen LogP) is 4.12. The van der Waals surface area contributed by atoms with Crippen LogP contribution >= 0.6 is 0 Å². The number of carbonyl (C=O) groups is 1. The van der Waals surface area contributed by atoms with Gasteiger partial charge in [-0.15, -0.1) is 0 Å². The maximum absolute atomic E-state index is 12.7. The number of nitrogens with zero attached hydrogens (tertiary/aromatic N) is 2. The van der Waals surface area contributed by atoms with E-state index in [1.54, 1.807) is 12.4 Å². The van der Waals surface area contributed by atoms with Crippen LogP contribution in [0.15, 0.2) is 67.0 Å². The van der Waals surface area contributed by atoms with E-state index in [4.69, 9.17) is 4.74 Å². The highest BCUT2D eigenvalue weighted by Gasteiger charge is 2.23. The first-order chi connectivity index (χ1) is 12.7. The summed E-state index contributed by atoms with van der Waals surface area (Å²) in [7, 11) is 0. The fraction of sp³-hybridized carbons (Fsp3) is 0.182. The Morgan fingerprint density at radius 3 is 2.50 bits per heavy atom. The van der Waals surface area contributed by atoms with E-state index in [1.165, 1.54) is 5.56 Å². The average molecular weight is 344 g/mol. The van der Waals surface area contributed by atoms with Gasteiger partial charge in [-0.25, -0.2) is 0 Å². The zero-order chi connectivity index (χ0) is 17.9. The van der Waals surface area contributed by atoms with Crippen molar-refractivity contribution in [3.05, 3.63) is 83.7 Å². The number of hydrogen-bond donors (Lipinski definition) is 0. The molecule has 0 aliphatic carbocycles. The second kappa shape index (κ2) is 7.10. The summed E-state index contributed by atoms with van der Waals surface area (Å²) >= 11 is 0. The number of benzene rings is 2. The van der Waals surface area contributed by atoms with Crippen LogP contribution in [-0.4, -0.2) is 17.5 Å². The van der Waals surface area contributed by atoms with Crippen molar-refractivity contribution in [1.82, 2.24) is 4.98 Å². The topological polar surface area (TPSA) is 42.4 Å². The monoisotopic (exact) mass is 344 g/mol. The van der Waals surface area contributed by atoms with E-state index >= 15 is 0 Å². The van der Waals surface area contributed by atoms with Crippen LogP contribution in [0.3, 0.4) is 0 Å². The number of fused-ring (bicyclic) bond motifs is 1. The molecule has 0 unspecified atom stereocenters. The Labute approximate surface area is 153 Å². The van der Waals surface area contributed by atoms with E-state index in [0.717, 1.165) is 27.9 Å². The van der Waals surface area contributed by atoms with Crippen LogP contribution in [0.25, 0.3) is 11.1 Å².